The Morgan fingerprint density at radius 3 is 2.15 bits per heavy atom. The molecule has 2 aromatic rings. The molecular formula is C25H25N3O4S. The van der Waals surface area contributed by atoms with Gasteiger partial charge in [-0.1, -0.05) is 24.3 Å². The lowest BCUT2D eigenvalue weighted by Gasteiger charge is -2.36. The molecule has 2 aromatic carbocycles. The molecular weight excluding hydrogens is 438 g/mol. The smallest absolute Gasteiger partial charge is 0.270 e. The summed E-state index contributed by atoms with van der Waals surface area (Å²) in [5.74, 6) is 0.186. The van der Waals surface area contributed by atoms with Gasteiger partial charge in [0.05, 0.1) is 16.8 Å². The van der Waals surface area contributed by atoms with E-state index in [0.29, 0.717) is 22.8 Å². The van der Waals surface area contributed by atoms with Gasteiger partial charge in [-0.25, -0.2) is 0 Å². The van der Waals surface area contributed by atoms with Crippen LogP contribution in [-0.2, 0) is 9.59 Å². The highest BCUT2D eigenvalue weighted by Crippen LogP contribution is 2.39. The van der Waals surface area contributed by atoms with Crippen molar-refractivity contribution in [2.75, 3.05) is 4.90 Å². The highest BCUT2D eigenvalue weighted by molar-refractivity contribution is 7.80. The topological polar surface area (TPSA) is 82.1 Å². The summed E-state index contributed by atoms with van der Waals surface area (Å²) in [6, 6.07) is 16.2. The van der Waals surface area contributed by atoms with Crippen LogP contribution in [-0.4, -0.2) is 38.3 Å². The quantitative estimate of drug-likeness (QED) is 0.399. The lowest BCUT2D eigenvalue weighted by atomic mass is 9.93. The predicted molar refractivity (Wildman–Crippen MR) is 129 cm³/mol. The Balaban J connectivity index is 1.63. The third-order valence-corrected chi connectivity index (χ3v) is 6.05. The molecule has 0 unspecified atom stereocenters. The van der Waals surface area contributed by atoms with E-state index in [1.54, 1.807) is 24.3 Å². The highest BCUT2D eigenvalue weighted by atomic mass is 32.1. The molecule has 8 heteroatoms. The van der Waals surface area contributed by atoms with Gasteiger partial charge in [0.2, 0.25) is 0 Å². The van der Waals surface area contributed by atoms with Gasteiger partial charge in [0.15, 0.2) is 5.11 Å². The van der Waals surface area contributed by atoms with Crippen LogP contribution >= 0.6 is 12.2 Å². The fourth-order valence-electron chi connectivity index (χ4n) is 4.01. The summed E-state index contributed by atoms with van der Waals surface area (Å²) in [5.41, 5.74) is -0.323. The van der Waals surface area contributed by atoms with E-state index in [1.807, 2.05) is 64.1 Å². The summed E-state index contributed by atoms with van der Waals surface area (Å²) in [7, 11) is 0. The van der Waals surface area contributed by atoms with Crippen molar-refractivity contribution in [2.45, 2.75) is 38.8 Å². The van der Waals surface area contributed by atoms with Crippen molar-refractivity contribution in [1.82, 2.24) is 10.4 Å². The molecule has 1 fully saturated rings. The number of ether oxygens (including phenoxy) is 1. The predicted octanol–water partition coefficient (Wildman–Crippen LogP) is 4.34. The van der Waals surface area contributed by atoms with Crippen LogP contribution in [0.1, 0.15) is 27.7 Å². The molecule has 2 amide bonds. The average Bonchev–Trinajstić information content (AvgIpc) is 2.91. The van der Waals surface area contributed by atoms with Crippen LogP contribution in [0, 0.1) is 0 Å². The van der Waals surface area contributed by atoms with E-state index in [-0.39, 0.29) is 10.7 Å². The van der Waals surface area contributed by atoms with Crippen LogP contribution in [0.2, 0.25) is 0 Å². The molecule has 2 aliphatic heterocycles. The normalized spacial score (nSPS) is 21.2. The Kier molecular flexibility index (Phi) is 5.69. The van der Waals surface area contributed by atoms with Crippen molar-refractivity contribution in [3.63, 3.8) is 0 Å². The summed E-state index contributed by atoms with van der Waals surface area (Å²) in [6.45, 7) is 7.35. The third-order valence-electron chi connectivity index (χ3n) is 5.77. The minimum atomic E-state index is -0.781. The molecule has 33 heavy (non-hydrogen) atoms. The van der Waals surface area contributed by atoms with E-state index < -0.39 is 22.9 Å². The van der Waals surface area contributed by atoms with Crippen LogP contribution in [0.3, 0.4) is 0 Å². The van der Waals surface area contributed by atoms with Gasteiger partial charge in [-0.15, -0.1) is 0 Å². The molecule has 0 atom stereocenters. The number of rotatable bonds is 4. The SMILES string of the molecule is CC1(C)C=C(/C=C2/C(=O)NC(=S)N(c3ccc(Oc4ccccc4)cc3)C2=O)C(C)(C)N1O. The van der Waals surface area contributed by atoms with E-state index in [2.05, 4.69) is 5.32 Å². The largest absolute Gasteiger partial charge is 0.457 e. The molecule has 2 aliphatic rings. The number of para-hydroxylation sites is 1. The van der Waals surface area contributed by atoms with Gasteiger partial charge < -0.3 is 9.94 Å². The molecule has 2 N–H and O–H groups in total. The molecule has 0 saturated carbocycles. The van der Waals surface area contributed by atoms with Gasteiger partial charge in [0.1, 0.15) is 17.1 Å². The molecule has 0 aliphatic carbocycles. The van der Waals surface area contributed by atoms with Crippen LogP contribution in [0.25, 0.3) is 0 Å². The second-order valence-corrected chi connectivity index (χ2v) is 9.38. The van der Waals surface area contributed by atoms with E-state index >= 15 is 0 Å². The Morgan fingerprint density at radius 1 is 0.970 bits per heavy atom. The molecule has 0 radical (unpaired) electrons. The maximum Gasteiger partial charge on any atom is 0.270 e. The zero-order valence-corrected chi connectivity index (χ0v) is 19.6. The van der Waals surface area contributed by atoms with Crippen molar-refractivity contribution in [3.05, 3.63) is 77.9 Å². The monoisotopic (exact) mass is 463 g/mol. The molecule has 7 nitrogen and oxygen atoms in total. The molecule has 0 spiro atoms. The van der Waals surface area contributed by atoms with Crippen molar-refractivity contribution in [3.8, 4) is 11.5 Å². The zero-order valence-electron chi connectivity index (χ0n) is 18.8. The van der Waals surface area contributed by atoms with Crippen molar-refractivity contribution in [2.24, 2.45) is 0 Å². The number of anilines is 1. The minimum Gasteiger partial charge on any atom is -0.457 e. The van der Waals surface area contributed by atoms with Gasteiger partial charge in [-0.2, -0.15) is 5.06 Å². The first-order valence-electron chi connectivity index (χ1n) is 10.5. The van der Waals surface area contributed by atoms with E-state index in [0.717, 1.165) is 0 Å². The Labute approximate surface area is 197 Å². The second-order valence-electron chi connectivity index (χ2n) is 8.99. The number of carbonyl (C=O) groups excluding carboxylic acids is 2. The van der Waals surface area contributed by atoms with E-state index in [1.165, 1.54) is 16.0 Å². The fourth-order valence-corrected chi connectivity index (χ4v) is 4.30. The first-order chi connectivity index (χ1) is 15.5. The van der Waals surface area contributed by atoms with Gasteiger partial charge in [-0.3, -0.25) is 19.8 Å². The van der Waals surface area contributed by atoms with Crippen LogP contribution < -0.4 is 15.0 Å². The number of amides is 2. The third kappa shape index (κ3) is 4.20. The molecule has 0 aromatic heterocycles. The Hall–Kier alpha value is -3.33. The number of hydrogen-bond acceptors (Lipinski definition) is 6. The van der Waals surface area contributed by atoms with Crippen LogP contribution in [0.15, 0.2) is 77.9 Å². The summed E-state index contributed by atoms with van der Waals surface area (Å²) >= 11 is 5.29. The number of nitrogens with zero attached hydrogens (tertiary/aromatic N) is 2. The number of carbonyl (C=O) groups is 2. The summed E-state index contributed by atoms with van der Waals surface area (Å²) in [4.78, 5) is 27.3. The van der Waals surface area contributed by atoms with Gasteiger partial charge >= 0.3 is 0 Å². The second kappa shape index (κ2) is 8.22. The number of hydroxylamine groups is 2. The molecule has 0 bridgehead atoms. The van der Waals surface area contributed by atoms with Crippen molar-refractivity contribution in [1.29, 1.82) is 0 Å². The standard InChI is InChI=1S/C25H25N3O4S/c1-24(2)15-16(25(3,4)28(24)31)14-20-21(29)26-23(33)27(22(20)30)17-10-12-19(13-11-17)32-18-8-6-5-7-9-18/h5-15,31H,1-4H3,(H,26,29,33)/b20-14-. The Bertz CT molecular complexity index is 1180. The highest BCUT2D eigenvalue weighted by Gasteiger charge is 2.45. The number of hydrogen-bond donors (Lipinski definition) is 2. The van der Waals surface area contributed by atoms with E-state index in [4.69, 9.17) is 17.0 Å². The van der Waals surface area contributed by atoms with Gasteiger partial charge in [0, 0.05) is 0 Å². The van der Waals surface area contributed by atoms with Crippen molar-refractivity contribution < 1.29 is 19.5 Å². The molecule has 2 heterocycles. The first kappa shape index (κ1) is 22.8. The lowest BCUT2D eigenvalue weighted by Crippen LogP contribution is -2.54. The Morgan fingerprint density at radius 2 is 1.58 bits per heavy atom. The van der Waals surface area contributed by atoms with Crippen molar-refractivity contribution >= 4 is 34.8 Å². The summed E-state index contributed by atoms with van der Waals surface area (Å²) in [6.07, 6.45) is 3.37. The average molecular weight is 464 g/mol. The molecule has 170 valence electrons. The summed E-state index contributed by atoms with van der Waals surface area (Å²) < 4.78 is 5.80. The molecule has 4 rings (SSSR count). The number of benzene rings is 2. The maximum absolute atomic E-state index is 13.3. The maximum atomic E-state index is 13.3. The summed E-state index contributed by atoms with van der Waals surface area (Å²) in [5, 5.41) is 14.4. The van der Waals surface area contributed by atoms with Crippen LogP contribution in [0.4, 0.5) is 5.69 Å². The fraction of sp³-hybridized carbons (Fsp3) is 0.240. The van der Waals surface area contributed by atoms with Gasteiger partial charge in [-0.05, 0) is 88.0 Å². The first-order valence-corrected chi connectivity index (χ1v) is 10.9. The van der Waals surface area contributed by atoms with Crippen LogP contribution in [0.5, 0.6) is 11.5 Å². The number of nitrogens with one attached hydrogen (secondary N) is 1. The van der Waals surface area contributed by atoms with Gasteiger partial charge in [0.25, 0.3) is 11.8 Å². The number of thiocarbonyl (C=S) groups is 1. The lowest BCUT2D eigenvalue weighted by molar-refractivity contribution is -0.184. The minimum absolute atomic E-state index is 0.00246. The zero-order chi connectivity index (χ0) is 24.0. The molecule has 1 saturated heterocycles. The van der Waals surface area contributed by atoms with E-state index in [9.17, 15) is 14.8 Å².